The van der Waals surface area contributed by atoms with Crippen LogP contribution in [-0.4, -0.2) is 11.9 Å². The van der Waals surface area contributed by atoms with E-state index in [1.54, 1.807) is 6.07 Å². The number of nitrogens with two attached hydrogens (primary N) is 1. The van der Waals surface area contributed by atoms with E-state index in [1.165, 1.54) is 31.4 Å². The van der Waals surface area contributed by atoms with Gasteiger partial charge in [0.2, 0.25) is 0 Å². The van der Waals surface area contributed by atoms with E-state index in [4.69, 9.17) is 5.84 Å². The molecular formula is C16H24FN3O. The number of halogens is 1. The van der Waals surface area contributed by atoms with E-state index < -0.39 is 5.82 Å². The van der Waals surface area contributed by atoms with E-state index in [2.05, 4.69) is 17.7 Å². The highest BCUT2D eigenvalue weighted by atomic mass is 19.1. The number of carbonyl (C=O) groups excluding carboxylic acids is 1. The number of hydrogen-bond acceptors (Lipinski definition) is 3. The first-order valence-corrected chi connectivity index (χ1v) is 7.73. The molecule has 21 heavy (non-hydrogen) atoms. The van der Waals surface area contributed by atoms with Gasteiger partial charge in [-0.3, -0.25) is 10.6 Å². The van der Waals surface area contributed by atoms with Crippen LogP contribution in [0.3, 0.4) is 0 Å². The van der Waals surface area contributed by atoms with Gasteiger partial charge in [-0.05, 0) is 37.3 Å². The number of nitrogen functional groups attached to an aromatic ring is 1. The topological polar surface area (TPSA) is 67.2 Å². The Morgan fingerprint density at radius 3 is 2.71 bits per heavy atom. The molecule has 5 heteroatoms. The molecule has 1 saturated carbocycles. The summed E-state index contributed by atoms with van der Waals surface area (Å²) in [5.74, 6) is 5.07. The molecule has 0 radical (unpaired) electrons. The lowest BCUT2D eigenvalue weighted by molar-refractivity contribution is 0.0911. The lowest BCUT2D eigenvalue weighted by Gasteiger charge is -2.30. The van der Waals surface area contributed by atoms with Gasteiger partial charge in [0.25, 0.3) is 5.91 Å². The number of carbonyl (C=O) groups is 1. The normalized spacial score (nSPS) is 17.3. The number of para-hydroxylation sites is 1. The van der Waals surface area contributed by atoms with Crippen LogP contribution in [0.1, 0.15) is 55.8 Å². The Labute approximate surface area is 125 Å². The van der Waals surface area contributed by atoms with Gasteiger partial charge in [0.1, 0.15) is 5.82 Å². The molecule has 1 unspecified atom stereocenters. The average molecular weight is 293 g/mol. The fraction of sp³-hybridized carbons (Fsp3) is 0.562. The van der Waals surface area contributed by atoms with Gasteiger partial charge in [-0.15, -0.1) is 0 Å². The van der Waals surface area contributed by atoms with Crippen LogP contribution in [0, 0.1) is 11.7 Å². The largest absolute Gasteiger partial charge is 0.349 e. The highest BCUT2D eigenvalue weighted by Gasteiger charge is 2.25. The molecule has 1 aromatic carbocycles. The summed E-state index contributed by atoms with van der Waals surface area (Å²) in [6, 6.07) is 4.53. The van der Waals surface area contributed by atoms with Crippen LogP contribution in [0.25, 0.3) is 0 Å². The maximum absolute atomic E-state index is 13.7. The van der Waals surface area contributed by atoms with Gasteiger partial charge in [0.05, 0.1) is 11.3 Å². The molecule has 1 fully saturated rings. The molecule has 0 heterocycles. The summed E-state index contributed by atoms with van der Waals surface area (Å²) in [7, 11) is 0. The van der Waals surface area contributed by atoms with Crippen molar-refractivity contribution in [2.24, 2.45) is 11.8 Å². The number of amides is 1. The third-order valence-corrected chi connectivity index (χ3v) is 4.38. The van der Waals surface area contributed by atoms with Crippen LogP contribution < -0.4 is 16.6 Å². The number of rotatable bonds is 5. The van der Waals surface area contributed by atoms with E-state index >= 15 is 0 Å². The summed E-state index contributed by atoms with van der Waals surface area (Å²) in [5, 5.41) is 3.05. The molecule has 1 amide bonds. The minimum absolute atomic E-state index is 0.0495. The SMILES string of the molecule is CCC(NC(=O)c1cccc(F)c1NN)C1CCCCC1. The summed E-state index contributed by atoms with van der Waals surface area (Å²) in [6.45, 7) is 2.08. The summed E-state index contributed by atoms with van der Waals surface area (Å²) >= 11 is 0. The van der Waals surface area contributed by atoms with Crippen molar-refractivity contribution in [3.8, 4) is 0 Å². The first-order chi connectivity index (χ1) is 10.2. The zero-order valence-corrected chi connectivity index (χ0v) is 12.5. The smallest absolute Gasteiger partial charge is 0.253 e. The molecular weight excluding hydrogens is 269 g/mol. The van der Waals surface area contributed by atoms with Gasteiger partial charge in [-0.1, -0.05) is 32.3 Å². The molecule has 1 aromatic rings. The van der Waals surface area contributed by atoms with Gasteiger partial charge in [-0.25, -0.2) is 4.39 Å². The van der Waals surface area contributed by atoms with Crippen LogP contribution in [-0.2, 0) is 0 Å². The maximum atomic E-state index is 13.7. The van der Waals surface area contributed by atoms with Crippen molar-refractivity contribution in [2.75, 3.05) is 5.43 Å². The highest BCUT2D eigenvalue weighted by molar-refractivity contribution is 5.99. The Morgan fingerprint density at radius 1 is 1.38 bits per heavy atom. The van der Waals surface area contributed by atoms with E-state index in [0.717, 1.165) is 19.3 Å². The predicted octanol–water partition coefficient (Wildman–Crippen LogP) is 3.20. The molecule has 0 aliphatic heterocycles. The van der Waals surface area contributed by atoms with E-state index in [1.807, 2.05) is 0 Å². The van der Waals surface area contributed by atoms with Crippen LogP contribution in [0.15, 0.2) is 18.2 Å². The standard InChI is InChI=1S/C16H24FN3O/c1-2-14(11-7-4-3-5-8-11)19-16(21)12-9-6-10-13(17)15(12)20-18/h6,9-11,14,20H,2-5,7-8,18H2,1H3,(H,19,21). The molecule has 4 N–H and O–H groups in total. The van der Waals surface area contributed by atoms with Gasteiger partial charge in [0, 0.05) is 6.04 Å². The second-order valence-corrected chi connectivity index (χ2v) is 5.69. The van der Waals surface area contributed by atoms with Crippen LogP contribution >= 0.6 is 0 Å². The van der Waals surface area contributed by atoms with E-state index in [9.17, 15) is 9.18 Å². The summed E-state index contributed by atoms with van der Waals surface area (Å²) in [5.41, 5.74) is 2.59. The Morgan fingerprint density at radius 2 is 2.10 bits per heavy atom. The Bertz CT molecular complexity index is 486. The lowest BCUT2D eigenvalue weighted by Crippen LogP contribution is -2.41. The quantitative estimate of drug-likeness (QED) is 0.577. The molecule has 116 valence electrons. The second-order valence-electron chi connectivity index (χ2n) is 5.69. The van der Waals surface area contributed by atoms with Crippen molar-refractivity contribution in [3.05, 3.63) is 29.6 Å². The molecule has 4 nitrogen and oxygen atoms in total. The molecule has 1 aliphatic rings. The van der Waals surface area contributed by atoms with E-state index in [0.29, 0.717) is 5.92 Å². The third-order valence-electron chi connectivity index (χ3n) is 4.38. The Kier molecular flexibility index (Phi) is 5.56. The molecule has 0 bridgehead atoms. The Hall–Kier alpha value is -1.62. The van der Waals surface area contributed by atoms with Crippen molar-refractivity contribution < 1.29 is 9.18 Å². The van der Waals surface area contributed by atoms with Gasteiger partial charge in [0.15, 0.2) is 0 Å². The fourth-order valence-corrected chi connectivity index (χ4v) is 3.20. The van der Waals surface area contributed by atoms with Crippen LogP contribution in [0.2, 0.25) is 0 Å². The second kappa shape index (κ2) is 7.41. The van der Waals surface area contributed by atoms with Gasteiger partial charge < -0.3 is 10.7 Å². The first-order valence-electron chi connectivity index (χ1n) is 7.73. The number of anilines is 1. The summed E-state index contributed by atoms with van der Waals surface area (Å²) < 4.78 is 13.7. The zero-order valence-electron chi connectivity index (χ0n) is 12.5. The number of nitrogens with one attached hydrogen (secondary N) is 2. The van der Waals surface area contributed by atoms with Crippen molar-refractivity contribution in [1.82, 2.24) is 5.32 Å². The van der Waals surface area contributed by atoms with Crippen molar-refractivity contribution in [1.29, 1.82) is 0 Å². The monoisotopic (exact) mass is 293 g/mol. The molecule has 0 aromatic heterocycles. The average Bonchev–Trinajstić information content (AvgIpc) is 2.53. The Balaban J connectivity index is 2.10. The predicted molar refractivity (Wildman–Crippen MR) is 82.3 cm³/mol. The summed E-state index contributed by atoms with van der Waals surface area (Å²) in [6.07, 6.45) is 6.94. The molecule has 1 atom stereocenters. The minimum atomic E-state index is -0.518. The zero-order chi connectivity index (χ0) is 15.2. The molecule has 1 aliphatic carbocycles. The number of hydrogen-bond donors (Lipinski definition) is 3. The maximum Gasteiger partial charge on any atom is 0.253 e. The van der Waals surface area contributed by atoms with Crippen molar-refractivity contribution in [3.63, 3.8) is 0 Å². The van der Waals surface area contributed by atoms with Crippen molar-refractivity contribution in [2.45, 2.75) is 51.5 Å². The lowest BCUT2D eigenvalue weighted by atomic mass is 9.83. The first kappa shape index (κ1) is 15.8. The van der Waals surface area contributed by atoms with Gasteiger partial charge >= 0.3 is 0 Å². The number of benzene rings is 1. The fourth-order valence-electron chi connectivity index (χ4n) is 3.20. The molecule has 0 saturated heterocycles. The number of hydrazine groups is 1. The molecule has 0 spiro atoms. The van der Waals surface area contributed by atoms with Crippen LogP contribution in [0.4, 0.5) is 10.1 Å². The van der Waals surface area contributed by atoms with E-state index in [-0.39, 0.29) is 23.2 Å². The third kappa shape index (κ3) is 3.73. The molecule has 2 rings (SSSR count). The van der Waals surface area contributed by atoms with Crippen molar-refractivity contribution >= 4 is 11.6 Å². The minimum Gasteiger partial charge on any atom is -0.349 e. The van der Waals surface area contributed by atoms with Gasteiger partial charge in [-0.2, -0.15) is 0 Å². The van der Waals surface area contributed by atoms with Crippen LogP contribution in [0.5, 0.6) is 0 Å². The highest BCUT2D eigenvalue weighted by Crippen LogP contribution is 2.28. The summed E-state index contributed by atoms with van der Waals surface area (Å²) in [4.78, 5) is 12.4.